The van der Waals surface area contributed by atoms with E-state index >= 15 is 0 Å². The Labute approximate surface area is 102 Å². The van der Waals surface area contributed by atoms with E-state index in [2.05, 4.69) is 4.98 Å². The van der Waals surface area contributed by atoms with Crippen molar-refractivity contribution in [2.75, 3.05) is 5.75 Å². The van der Waals surface area contributed by atoms with Gasteiger partial charge in [0.25, 0.3) is 0 Å². The van der Waals surface area contributed by atoms with Crippen LogP contribution in [0, 0.1) is 0 Å². The summed E-state index contributed by atoms with van der Waals surface area (Å²) >= 11 is 3.72. The number of aryl methyl sites for hydroxylation is 1. The lowest BCUT2D eigenvalue weighted by atomic mass is 10.2. The highest BCUT2D eigenvalue weighted by molar-refractivity contribution is 7.98. The molecular weight excluding hydrogens is 238 g/mol. The number of hydrogen-bond donors (Lipinski definition) is 1. The van der Waals surface area contributed by atoms with Crippen LogP contribution in [0.3, 0.4) is 0 Å². The molecular formula is C12H11NOS2. The molecule has 2 nitrogen and oxygen atoms in total. The van der Waals surface area contributed by atoms with Gasteiger partial charge in [-0.25, -0.2) is 4.98 Å². The smallest absolute Gasteiger partial charge is 0.124 e. The van der Waals surface area contributed by atoms with E-state index in [9.17, 15) is 5.11 Å². The van der Waals surface area contributed by atoms with Gasteiger partial charge >= 0.3 is 0 Å². The zero-order valence-corrected chi connectivity index (χ0v) is 10.3. The molecule has 1 aromatic heterocycles. The minimum absolute atomic E-state index is 0.306. The van der Waals surface area contributed by atoms with E-state index in [1.165, 1.54) is 16.3 Å². The monoisotopic (exact) mass is 249 g/mol. The first-order valence-corrected chi connectivity index (χ1v) is 7.16. The maximum absolute atomic E-state index is 9.45. The Morgan fingerprint density at radius 2 is 2.25 bits per heavy atom. The van der Waals surface area contributed by atoms with Gasteiger partial charge in [-0.15, -0.1) is 11.3 Å². The van der Waals surface area contributed by atoms with Gasteiger partial charge in [0.05, 0.1) is 5.69 Å². The molecule has 1 N–H and O–H groups in total. The third-order valence-corrected chi connectivity index (χ3v) is 4.90. The lowest BCUT2D eigenvalue weighted by Crippen LogP contribution is -1.99. The normalized spacial score (nSPS) is 14.8. The number of thiazole rings is 1. The van der Waals surface area contributed by atoms with Gasteiger partial charge < -0.3 is 5.11 Å². The molecule has 0 radical (unpaired) electrons. The van der Waals surface area contributed by atoms with Crippen LogP contribution < -0.4 is 0 Å². The summed E-state index contributed by atoms with van der Waals surface area (Å²) in [6.07, 6.45) is 1.08. The van der Waals surface area contributed by atoms with Gasteiger partial charge in [-0.2, -0.15) is 11.8 Å². The van der Waals surface area contributed by atoms with E-state index in [-0.39, 0.29) is 0 Å². The summed E-state index contributed by atoms with van der Waals surface area (Å²) < 4.78 is 0. The van der Waals surface area contributed by atoms with Crippen LogP contribution in [0.5, 0.6) is 5.75 Å². The molecule has 0 bridgehead atoms. The number of aromatic hydroxyl groups is 1. The maximum atomic E-state index is 9.45. The molecule has 0 saturated heterocycles. The Balaban J connectivity index is 2.03. The number of hydrogen-bond acceptors (Lipinski definition) is 4. The zero-order valence-electron chi connectivity index (χ0n) is 8.64. The van der Waals surface area contributed by atoms with Crippen molar-refractivity contribution in [1.29, 1.82) is 0 Å². The van der Waals surface area contributed by atoms with Crippen molar-refractivity contribution in [3.05, 3.63) is 34.8 Å². The summed E-state index contributed by atoms with van der Waals surface area (Å²) in [5.74, 6) is 2.57. The van der Waals surface area contributed by atoms with Crippen molar-refractivity contribution in [2.45, 2.75) is 12.2 Å². The van der Waals surface area contributed by atoms with E-state index in [0.717, 1.165) is 22.7 Å². The second-order valence-corrected chi connectivity index (χ2v) is 5.93. The number of thioether (sulfide) groups is 1. The number of phenols is 1. The summed E-state index contributed by atoms with van der Waals surface area (Å²) in [5, 5.41) is 10.5. The number of benzene rings is 1. The molecule has 0 fully saturated rings. The summed E-state index contributed by atoms with van der Waals surface area (Å²) in [5.41, 5.74) is 2.27. The Morgan fingerprint density at radius 3 is 3.06 bits per heavy atom. The molecule has 82 valence electrons. The summed E-state index contributed by atoms with van der Waals surface area (Å²) in [7, 11) is 0. The quantitative estimate of drug-likeness (QED) is 0.841. The van der Waals surface area contributed by atoms with Crippen LogP contribution >= 0.6 is 23.1 Å². The standard InChI is InChI=1S/C12H11NOS2/c14-9-3-1-2-8(6-9)12-13-10-4-5-15-7-11(10)16-12/h1-3,6,14H,4-5,7H2. The molecule has 0 saturated carbocycles. The molecule has 0 spiro atoms. The topological polar surface area (TPSA) is 33.1 Å². The molecule has 1 aromatic carbocycles. The fraction of sp³-hybridized carbons (Fsp3) is 0.250. The third kappa shape index (κ3) is 1.83. The van der Waals surface area contributed by atoms with Crippen molar-refractivity contribution in [2.24, 2.45) is 0 Å². The fourth-order valence-electron chi connectivity index (χ4n) is 1.79. The van der Waals surface area contributed by atoms with Crippen molar-refractivity contribution in [3.63, 3.8) is 0 Å². The molecule has 1 aliphatic heterocycles. The van der Waals surface area contributed by atoms with Gasteiger partial charge in [0, 0.05) is 16.2 Å². The van der Waals surface area contributed by atoms with Crippen LogP contribution in [0.4, 0.5) is 0 Å². The van der Waals surface area contributed by atoms with E-state index < -0.39 is 0 Å². The molecule has 4 heteroatoms. The van der Waals surface area contributed by atoms with Crippen molar-refractivity contribution >= 4 is 23.1 Å². The minimum atomic E-state index is 0.306. The molecule has 0 amide bonds. The SMILES string of the molecule is Oc1cccc(-c2nc3c(s2)CSCC3)c1. The Morgan fingerprint density at radius 1 is 1.31 bits per heavy atom. The number of phenolic OH excluding ortho intramolecular Hbond substituents is 1. The molecule has 0 aliphatic carbocycles. The first kappa shape index (κ1) is 10.2. The van der Waals surface area contributed by atoms with Gasteiger partial charge in [0.1, 0.15) is 10.8 Å². The fourth-order valence-corrected chi connectivity index (χ4v) is 4.01. The summed E-state index contributed by atoms with van der Waals surface area (Å²) in [4.78, 5) is 6.05. The highest BCUT2D eigenvalue weighted by atomic mass is 32.2. The average molecular weight is 249 g/mol. The van der Waals surface area contributed by atoms with Gasteiger partial charge in [-0.05, 0) is 24.3 Å². The Kier molecular flexibility index (Phi) is 2.61. The predicted octanol–water partition coefficient (Wildman–Crippen LogP) is 3.31. The molecule has 16 heavy (non-hydrogen) atoms. The van der Waals surface area contributed by atoms with Crippen LogP contribution in [-0.4, -0.2) is 15.8 Å². The molecule has 2 heterocycles. The largest absolute Gasteiger partial charge is 0.508 e. The highest BCUT2D eigenvalue weighted by Crippen LogP contribution is 2.34. The lowest BCUT2D eigenvalue weighted by molar-refractivity contribution is 0.475. The number of rotatable bonds is 1. The van der Waals surface area contributed by atoms with Gasteiger partial charge in [0.2, 0.25) is 0 Å². The highest BCUT2D eigenvalue weighted by Gasteiger charge is 2.16. The first-order chi connectivity index (χ1) is 7.83. The molecule has 0 unspecified atom stereocenters. The molecule has 2 aromatic rings. The van der Waals surface area contributed by atoms with Crippen LogP contribution in [0.25, 0.3) is 10.6 Å². The van der Waals surface area contributed by atoms with Gasteiger partial charge in [-0.3, -0.25) is 0 Å². The zero-order chi connectivity index (χ0) is 11.0. The van der Waals surface area contributed by atoms with Crippen LogP contribution in [0.2, 0.25) is 0 Å². The van der Waals surface area contributed by atoms with E-state index in [0.29, 0.717) is 5.75 Å². The second kappa shape index (κ2) is 4.11. The minimum Gasteiger partial charge on any atom is -0.508 e. The van der Waals surface area contributed by atoms with Crippen LogP contribution in [0.1, 0.15) is 10.6 Å². The van der Waals surface area contributed by atoms with Crippen LogP contribution in [-0.2, 0) is 12.2 Å². The Hall–Kier alpha value is -1.00. The number of aromatic nitrogens is 1. The van der Waals surface area contributed by atoms with Gasteiger partial charge in [0.15, 0.2) is 0 Å². The Bertz CT molecular complexity index is 498. The van der Waals surface area contributed by atoms with E-state index in [1.54, 1.807) is 23.5 Å². The lowest BCUT2D eigenvalue weighted by Gasteiger charge is -2.06. The summed E-state index contributed by atoms with van der Waals surface area (Å²) in [6, 6.07) is 7.32. The molecule has 3 rings (SSSR count). The second-order valence-electron chi connectivity index (χ2n) is 3.74. The number of fused-ring (bicyclic) bond motifs is 1. The van der Waals surface area contributed by atoms with Crippen LogP contribution in [0.15, 0.2) is 24.3 Å². The predicted molar refractivity (Wildman–Crippen MR) is 69.1 cm³/mol. The summed E-state index contributed by atoms with van der Waals surface area (Å²) in [6.45, 7) is 0. The third-order valence-electron chi connectivity index (χ3n) is 2.59. The average Bonchev–Trinajstić information content (AvgIpc) is 2.72. The number of nitrogens with zero attached hydrogens (tertiary/aromatic N) is 1. The maximum Gasteiger partial charge on any atom is 0.124 e. The van der Waals surface area contributed by atoms with Crippen molar-refractivity contribution < 1.29 is 5.11 Å². The van der Waals surface area contributed by atoms with E-state index in [4.69, 9.17) is 0 Å². The van der Waals surface area contributed by atoms with Gasteiger partial charge in [-0.1, -0.05) is 12.1 Å². The first-order valence-electron chi connectivity index (χ1n) is 5.18. The van der Waals surface area contributed by atoms with E-state index in [1.807, 2.05) is 23.9 Å². The van der Waals surface area contributed by atoms with Crippen molar-refractivity contribution in [1.82, 2.24) is 4.98 Å². The molecule has 1 aliphatic rings. The van der Waals surface area contributed by atoms with Crippen molar-refractivity contribution in [3.8, 4) is 16.3 Å². The molecule has 0 atom stereocenters.